The zero-order valence-electron chi connectivity index (χ0n) is 55.3. The molecule has 30 nitrogen and oxygen atoms in total. The second-order valence-electron chi connectivity index (χ2n) is 23.9. The van der Waals surface area contributed by atoms with E-state index in [1.54, 1.807) is 0 Å². The monoisotopic (exact) mass is 1350 g/mol. The first-order valence-corrected chi connectivity index (χ1v) is 33.5. The number of aromatic amines is 1. The Bertz CT molecular complexity index is 2440. The zero-order valence-corrected chi connectivity index (χ0v) is 55.3. The maximum absolute atomic E-state index is 13.2. The lowest BCUT2D eigenvalue weighted by atomic mass is 9.84. The second kappa shape index (κ2) is 54.1. The number of carboxylic acid groups (broad SMARTS) is 5. The second-order valence-corrected chi connectivity index (χ2v) is 23.9. The number of aliphatic carboxylic acids is 5. The molecule has 4 amide bonds. The molecular weight excluding hydrogens is 1250 g/mol. The van der Waals surface area contributed by atoms with Gasteiger partial charge in [-0.15, -0.1) is 0 Å². The summed E-state index contributed by atoms with van der Waals surface area (Å²) in [5, 5.41) is 67.2. The number of Topliss-reactive ketones (excluding diaryl/α,β-unsaturated/α-hetero) is 4. The number of amides is 4. The average molecular weight is 1350 g/mol. The molecule has 0 saturated heterocycles. The Kier molecular flexibility index (Phi) is 48.9. The highest BCUT2D eigenvalue weighted by atomic mass is 16.5. The van der Waals surface area contributed by atoms with Crippen molar-refractivity contribution >= 4 is 76.6 Å². The fourth-order valence-corrected chi connectivity index (χ4v) is 10.1. The molecule has 13 N–H and O–H groups in total. The number of unbranched alkanes of at least 4 members (excludes halogenated alkanes) is 14. The minimum Gasteiger partial charge on any atom is -0.481 e. The van der Waals surface area contributed by atoms with E-state index in [4.69, 9.17) is 29.8 Å². The van der Waals surface area contributed by atoms with Crippen LogP contribution in [0.2, 0.25) is 0 Å². The number of nitrogens with two attached hydrogens (primary N) is 1. The molecule has 0 unspecified atom stereocenters. The number of nitrogens with one attached hydrogen (secondary N) is 5. The number of ketones is 4. The lowest BCUT2D eigenvalue weighted by Crippen LogP contribution is -2.41. The van der Waals surface area contributed by atoms with Gasteiger partial charge in [0.15, 0.2) is 5.78 Å². The molecule has 1 heterocycles. The summed E-state index contributed by atoms with van der Waals surface area (Å²) in [5.74, 6) is -13.5. The van der Waals surface area contributed by atoms with Crippen LogP contribution in [0, 0.1) is 17.8 Å². The maximum Gasteiger partial charge on any atom is 0.326 e. The molecule has 0 aliphatic rings. The molecule has 0 bridgehead atoms. The standard InChI is InChI=1S/C65H107N7O23/c1-45(73)51(63(86)87)40-55(76)46(38-56(77)52(66)39-48-41-67-44-70-48)19-16-17-29-68-59(80)42-95-36-34-93-32-30-69-60(81)43-94-35-33-92-31-18-20-49(74)24-26-53(64(88)89)72-58(79)28-23-47(62(84)85)37-50(75)25-27-54(65(90)91)71-57(78)21-14-12-10-8-6-4-2-3-5-7-9-11-13-15-22-61(82)83/h41,44-47,51-54,73H,2-40,42-43,66H2,1H3,(H,67,70)(H,68,80)(H,69,81)(H,71,78)(H,72,79)(H,82,83)(H,84,85)(H,86,87)(H,88,89)(H,90,91)/t45-,46-,47-,51+,52+,53+,54+/m1/s1. The van der Waals surface area contributed by atoms with Crippen LogP contribution in [0.15, 0.2) is 12.5 Å². The van der Waals surface area contributed by atoms with E-state index in [1.807, 2.05) is 0 Å². The van der Waals surface area contributed by atoms with Crippen molar-refractivity contribution in [2.45, 2.75) is 230 Å². The first-order chi connectivity index (χ1) is 45.4. The minimum absolute atomic E-state index is 0.0495. The summed E-state index contributed by atoms with van der Waals surface area (Å²) in [6, 6.07) is -3.72. The molecule has 0 radical (unpaired) electrons. The summed E-state index contributed by atoms with van der Waals surface area (Å²) < 4.78 is 21.5. The number of H-pyrrole nitrogens is 1. The Balaban J connectivity index is 2.18. The summed E-state index contributed by atoms with van der Waals surface area (Å²) in [5.41, 5.74) is 6.72. The summed E-state index contributed by atoms with van der Waals surface area (Å²) in [4.78, 5) is 166. The van der Waals surface area contributed by atoms with E-state index >= 15 is 0 Å². The van der Waals surface area contributed by atoms with Crippen molar-refractivity contribution in [3.63, 3.8) is 0 Å². The van der Waals surface area contributed by atoms with Crippen molar-refractivity contribution < 1.29 is 112 Å². The van der Waals surface area contributed by atoms with Crippen molar-refractivity contribution in [3.8, 4) is 0 Å². The van der Waals surface area contributed by atoms with Gasteiger partial charge in [0.1, 0.15) is 42.6 Å². The van der Waals surface area contributed by atoms with Crippen LogP contribution in [0.5, 0.6) is 0 Å². The molecular formula is C65H107N7O23. The Hall–Kier alpha value is -7.12. The van der Waals surface area contributed by atoms with Gasteiger partial charge >= 0.3 is 29.8 Å². The molecule has 0 saturated carbocycles. The number of imidazole rings is 1. The minimum atomic E-state index is -1.45. The van der Waals surface area contributed by atoms with Crippen molar-refractivity contribution in [3.05, 3.63) is 18.2 Å². The van der Waals surface area contributed by atoms with Crippen LogP contribution in [-0.2, 0) is 87.7 Å². The summed E-state index contributed by atoms with van der Waals surface area (Å²) in [6.45, 7) is 1.91. The molecule has 0 spiro atoms. The van der Waals surface area contributed by atoms with E-state index in [0.29, 0.717) is 31.4 Å². The molecule has 0 fully saturated rings. The topological polar surface area (TPSA) is 483 Å². The first-order valence-electron chi connectivity index (χ1n) is 33.5. The fourth-order valence-electron chi connectivity index (χ4n) is 10.1. The molecule has 540 valence electrons. The van der Waals surface area contributed by atoms with Gasteiger partial charge in [-0.1, -0.05) is 83.5 Å². The van der Waals surface area contributed by atoms with Crippen LogP contribution in [-0.4, -0.2) is 207 Å². The Labute approximate surface area is 555 Å². The van der Waals surface area contributed by atoms with Crippen LogP contribution in [0.4, 0.5) is 0 Å². The average Bonchev–Trinajstić information content (AvgIpc) is 1.64. The maximum atomic E-state index is 13.2. The third kappa shape index (κ3) is 46.6. The van der Waals surface area contributed by atoms with Crippen molar-refractivity contribution in [1.82, 2.24) is 31.2 Å². The third-order valence-electron chi connectivity index (χ3n) is 15.7. The number of aromatic nitrogens is 2. The van der Waals surface area contributed by atoms with Crippen molar-refractivity contribution in [2.75, 3.05) is 65.9 Å². The predicted octanol–water partition coefficient (Wildman–Crippen LogP) is 4.18. The number of aliphatic hydroxyl groups excluding tert-OH is 1. The Morgan fingerprint density at radius 3 is 1.47 bits per heavy atom. The van der Waals surface area contributed by atoms with Gasteiger partial charge < -0.3 is 81.6 Å². The molecule has 7 atom stereocenters. The lowest BCUT2D eigenvalue weighted by molar-refractivity contribution is -0.148. The molecule has 0 aliphatic heterocycles. The van der Waals surface area contributed by atoms with Crippen molar-refractivity contribution in [1.29, 1.82) is 0 Å². The van der Waals surface area contributed by atoms with Crippen LogP contribution >= 0.6 is 0 Å². The molecule has 0 aliphatic carbocycles. The third-order valence-corrected chi connectivity index (χ3v) is 15.7. The van der Waals surface area contributed by atoms with Crippen LogP contribution in [0.3, 0.4) is 0 Å². The predicted molar refractivity (Wildman–Crippen MR) is 342 cm³/mol. The number of hydrogen-bond donors (Lipinski definition) is 12. The zero-order chi connectivity index (χ0) is 70.6. The van der Waals surface area contributed by atoms with E-state index in [2.05, 4.69) is 31.2 Å². The van der Waals surface area contributed by atoms with Gasteiger partial charge in [0.05, 0.1) is 63.3 Å². The summed E-state index contributed by atoms with van der Waals surface area (Å²) in [6.07, 6.45) is 14.9. The molecule has 0 aromatic carbocycles. The molecule has 30 heteroatoms. The highest BCUT2D eigenvalue weighted by molar-refractivity contribution is 5.92. The van der Waals surface area contributed by atoms with E-state index in [1.165, 1.54) is 32.3 Å². The van der Waals surface area contributed by atoms with E-state index in [-0.39, 0.29) is 148 Å². The highest BCUT2D eigenvalue weighted by Crippen LogP contribution is 2.23. The normalized spacial score (nSPS) is 13.5. The number of rotatable bonds is 65. The number of carbonyl (C=O) groups is 13. The SMILES string of the molecule is C[C@@H](O)[C@H](CC(=O)[C@H](CCCCNC(=O)COCCOCCNC(=O)COCCOCCCC(=O)CC[C@H](NC(=O)CC[C@H](CC(=O)CC[C@H](NC(=O)CCCCCCCCCCCCCCCCC(=O)O)C(=O)O)C(=O)O)C(=O)O)CC(=O)[C@@H](N)Cc1cnc[nH]1)C(=O)O. The summed E-state index contributed by atoms with van der Waals surface area (Å²) in [7, 11) is 0. The van der Waals surface area contributed by atoms with Gasteiger partial charge in [-0.05, 0) is 58.3 Å². The largest absolute Gasteiger partial charge is 0.481 e. The van der Waals surface area contributed by atoms with Crippen LogP contribution in [0.25, 0.3) is 0 Å². The highest BCUT2D eigenvalue weighted by Gasteiger charge is 2.32. The quantitative estimate of drug-likeness (QED) is 0.0407. The molecule has 1 rings (SSSR count). The molecule has 1 aromatic rings. The summed E-state index contributed by atoms with van der Waals surface area (Å²) >= 11 is 0. The Morgan fingerprint density at radius 1 is 0.463 bits per heavy atom. The van der Waals surface area contributed by atoms with Crippen LogP contribution in [0.1, 0.15) is 205 Å². The van der Waals surface area contributed by atoms with E-state index < -0.39 is 126 Å². The van der Waals surface area contributed by atoms with Gasteiger partial charge in [0.2, 0.25) is 23.6 Å². The lowest BCUT2D eigenvalue weighted by Gasteiger charge is -2.21. The number of hydrogen-bond acceptors (Lipinski definition) is 20. The number of carbonyl (C=O) groups excluding carboxylic acids is 8. The number of nitrogens with zero attached hydrogens (tertiary/aromatic N) is 1. The molecule has 95 heavy (non-hydrogen) atoms. The van der Waals surface area contributed by atoms with Gasteiger partial charge in [-0.25, -0.2) is 14.6 Å². The number of ether oxygens (including phenoxy) is 4. The first kappa shape index (κ1) is 85.9. The van der Waals surface area contributed by atoms with E-state index in [9.17, 15) is 87.9 Å². The smallest absolute Gasteiger partial charge is 0.326 e. The number of carboxylic acids is 5. The van der Waals surface area contributed by atoms with Gasteiger partial charge in [0, 0.05) is 102 Å². The number of aliphatic hydroxyl groups is 1. The van der Waals surface area contributed by atoms with E-state index in [0.717, 1.165) is 70.6 Å². The van der Waals surface area contributed by atoms with Gasteiger partial charge in [-0.2, -0.15) is 0 Å². The van der Waals surface area contributed by atoms with Crippen LogP contribution < -0.4 is 27.0 Å². The molecule has 1 aromatic heterocycles. The fraction of sp³-hybridized carbons (Fsp3) is 0.754. The Morgan fingerprint density at radius 2 is 0.968 bits per heavy atom. The van der Waals surface area contributed by atoms with Gasteiger partial charge in [-0.3, -0.25) is 52.7 Å². The van der Waals surface area contributed by atoms with Gasteiger partial charge in [0.25, 0.3) is 0 Å². The van der Waals surface area contributed by atoms with Crippen molar-refractivity contribution in [2.24, 2.45) is 23.5 Å².